The summed E-state index contributed by atoms with van der Waals surface area (Å²) in [7, 11) is 9.78. The van der Waals surface area contributed by atoms with E-state index in [1.165, 1.54) is 118 Å². The van der Waals surface area contributed by atoms with Gasteiger partial charge < -0.3 is 64.8 Å². The Kier molecular flexibility index (Phi) is 33.0. The lowest BCUT2D eigenvalue weighted by atomic mass is 9.90. The van der Waals surface area contributed by atoms with Gasteiger partial charge in [-0.15, -0.1) is 0 Å². The third-order valence-corrected chi connectivity index (χ3v) is 18.6. The van der Waals surface area contributed by atoms with Crippen LogP contribution in [0.15, 0.2) is 49.1 Å². The molecule has 556 valence electrons. The highest BCUT2D eigenvalue weighted by Gasteiger charge is 2.54. The van der Waals surface area contributed by atoms with Crippen LogP contribution in [0.25, 0.3) is 0 Å². The molecule has 26 heteroatoms. The third kappa shape index (κ3) is 22.1. The Balaban J connectivity index is 2.50. The van der Waals surface area contributed by atoms with Crippen molar-refractivity contribution in [3.8, 4) is 0 Å². The number of nitrogens with one attached hydrogen (secondary N) is 3. The molecule has 0 radical (unpaired) electrons. The maximum Gasteiger partial charge on any atom is 0.338 e. The standard InChI is InChI=1S/C73H119N11O15/c1-26-28-29-46(15)61(86)60-71(96)84-59(49(18)99-72(84)50-30-32-51(33-31-50)73(97)98-34-27-2)69(94)77(19)39-56(85)78(20)52(35-40(3)4)64(89)76-57(44(11)12)68(93)79(21)53(36-41(5)6)63(88)74-47(16)62(87)75-48(17)65(90)80(22)54(37-42(7)8)66(91)81(23)55(38-43(9)10)67(92)82(24)58(45(13)14)70(95)83(60)25/h26-28,30-33,40-49,52-55,57-61,72,86H,2,29,34-39H2,1,3-25H3,(H,74,88)(H,75,87)(H,76,89)/b28-26+/t46-,47+,48-,49+,52+,53+,54+,55+,57+,58+,59-,60+,61-,72-/m1/s1. The predicted molar refractivity (Wildman–Crippen MR) is 377 cm³/mol. The fourth-order valence-electron chi connectivity index (χ4n) is 12.7. The van der Waals surface area contributed by atoms with Gasteiger partial charge in [0.05, 0.1) is 24.3 Å². The minimum atomic E-state index is -1.82. The SMILES string of the molecule is C=CCOC(=O)c1ccc([C@H]2O[C@@H](C)[C@@H]3C(=O)N(C)CC(=O)N(C)[C@@H](CC(C)C)C(=O)N[C@@H](C(C)C)C(=O)N(C)[C@@H](CC(C)C)C(=O)N[C@@H](C)C(=O)N[C@H](C)C(=O)N(C)[C@@H](CC(C)C)C(=O)N(C)[C@@H](CC(C)C)C(=O)N(C)[C@@H](C(C)C)C(=O)N(C)[C@@H]([C@H](O)[C@H](C)C/C=C/C)C(=O)N23)cc1. The van der Waals surface area contributed by atoms with Gasteiger partial charge in [0.1, 0.15) is 67.0 Å². The van der Waals surface area contributed by atoms with Gasteiger partial charge >= 0.3 is 5.97 Å². The van der Waals surface area contributed by atoms with Gasteiger partial charge in [-0.2, -0.15) is 0 Å². The molecule has 2 fully saturated rings. The molecule has 0 saturated carbocycles. The molecule has 11 amide bonds. The summed E-state index contributed by atoms with van der Waals surface area (Å²) in [6.07, 6.45) is 1.35. The molecule has 2 heterocycles. The van der Waals surface area contributed by atoms with E-state index in [0.29, 0.717) is 0 Å². The van der Waals surface area contributed by atoms with Gasteiger partial charge in [-0.1, -0.05) is 127 Å². The summed E-state index contributed by atoms with van der Waals surface area (Å²) < 4.78 is 11.9. The number of likely N-dealkylation sites (N-methyl/N-ethyl adjacent to an activating group) is 7. The molecule has 2 saturated heterocycles. The Labute approximate surface area is 588 Å². The van der Waals surface area contributed by atoms with Crippen molar-refractivity contribution in [2.45, 2.75) is 229 Å². The maximum absolute atomic E-state index is 16.3. The van der Waals surface area contributed by atoms with Crippen molar-refractivity contribution >= 4 is 70.9 Å². The number of esters is 1. The second kappa shape index (κ2) is 38.2. The highest BCUT2D eigenvalue weighted by molar-refractivity contribution is 6.00. The number of amides is 11. The first-order chi connectivity index (χ1) is 46.0. The average Bonchev–Trinajstić information content (AvgIpc) is 1.65. The van der Waals surface area contributed by atoms with Crippen LogP contribution in [-0.2, 0) is 62.2 Å². The number of carbonyl (C=O) groups is 12. The highest BCUT2D eigenvalue weighted by Crippen LogP contribution is 2.38. The van der Waals surface area contributed by atoms with Crippen molar-refractivity contribution < 1.29 is 72.1 Å². The van der Waals surface area contributed by atoms with E-state index in [9.17, 15) is 38.7 Å². The Morgan fingerprint density at radius 1 is 0.556 bits per heavy atom. The van der Waals surface area contributed by atoms with Crippen LogP contribution in [0, 0.1) is 41.4 Å². The molecular weight excluding hydrogens is 1270 g/mol. The van der Waals surface area contributed by atoms with E-state index >= 15 is 24.0 Å². The van der Waals surface area contributed by atoms with Crippen LogP contribution in [0.5, 0.6) is 0 Å². The van der Waals surface area contributed by atoms with Crippen molar-refractivity contribution in [2.75, 3.05) is 62.5 Å². The first-order valence-electron chi connectivity index (χ1n) is 34.9. The van der Waals surface area contributed by atoms with Crippen LogP contribution in [0.4, 0.5) is 0 Å². The van der Waals surface area contributed by atoms with Crippen molar-refractivity contribution in [3.63, 3.8) is 0 Å². The monoisotopic (exact) mass is 1390 g/mol. The number of rotatable bonds is 18. The van der Waals surface area contributed by atoms with E-state index in [0.717, 1.165) is 14.7 Å². The lowest BCUT2D eigenvalue weighted by molar-refractivity contribution is -0.162. The van der Waals surface area contributed by atoms with E-state index in [4.69, 9.17) is 9.47 Å². The molecule has 0 spiro atoms. The van der Waals surface area contributed by atoms with Crippen LogP contribution in [0.2, 0.25) is 0 Å². The van der Waals surface area contributed by atoms with E-state index in [1.807, 2.05) is 55.4 Å². The average molecular weight is 1390 g/mol. The van der Waals surface area contributed by atoms with Crippen molar-refractivity contribution in [2.24, 2.45) is 41.4 Å². The Hall–Kier alpha value is -7.74. The van der Waals surface area contributed by atoms with Crippen molar-refractivity contribution in [1.82, 2.24) is 55.1 Å². The van der Waals surface area contributed by atoms with Crippen LogP contribution in [0.3, 0.4) is 0 Å². The van der Waals surface area contributed by atoms with Crippen LogP contribution in [0.1, 0.15) is 172 Å². The molecule has 26 nitrogen and oxygen atoms in total. The molecule has 99 heavy (non-hydrogen) atoms. The van der Waals surface area contributed by atoms with Gasteiger partial charge in [0.2, 0.25) is 59.1 Å². The zero-order valence-corrected chi connectivity index (χ0v) is 63.5. The Morgan fingerprint density at radius 3 is 1.49 bits per heavy atom. The molecule has 0 aromatic heterocycles. The van der Waals surface area contributed by atoms with E-state index in [2.05, 4.69) is 22.5 Å². The molecule has 1 aromatic carbocycles. The van der Waals surface area contributed by atoms with Crippen molar-refractivity contribution in [1.29, 1.82) is 0 Å². The summed E-state index contributed by atoms with van der Waals surface area (Å²) in [5.41, 5.74) is 0.396. The zero-order valence-electron chi connectivity index (χ0n) is 63.5. The zero-order chi connectivity index (χ0) is 75.7. The predicted octanol–water partition coefficient (Wildman–Crippen LogP) is 5.03. The smallest absolute Gasteiger partial charge is 0.338 e. The highest BCUT2D eigenvalue weighted by atomic mass is 16.5. The number of ether oxygens (including phenoxy) is 2. The topological polar surface area (TPSA) is 306 Å². The number of aliphatic hydroxyl groups is 1. The third-order valence-electron chi connectivity index (χ3n) is 18.6. The molecule has 0 unspecified atom stereocenters. The molecule has 1 aromatic rings. The number of allylic oxidation sites excluding steroid dienone is 2. The lowest BCUT2D eigenvalue weighted by Crippen LogP contribution is -2.64. The molecule has 0 aliphatic carbocycles. The van der Waals surface area contributed by atoms with Crippen LogP contribution in [-0.4, -0.2) is 250 Å². The molecule has 3 rings (SSSR count). The molecule has 2 aliphatic heterocycles. The fraction of sp³-hybridized carbons (Fsp3) is 0.699. The lowest BCUT2D eigenvalue weighted by Gasteiger charge is -2.43. The Morgan fingerprint density at radius 2 is 1.01 bits per heavy atom. The molecule has 4 N–H and O–H groups in total. The summed E-state index contributed by atoms with van der Waals surface area (Å²) in [4.78, 5) is 188. The van der Waals surface area contributed by atoms with Gasteiger partial charge in [0.15, 0.2) is 6.23 Å². The van der Waals surface area contributed by atoms with Gasteiger partial charge in [-0.3, -0.25) is 57.6 Å². The summed E-state index contributed by atoms with van der Waals surface area (Å²) in [6.45, 7) is 32.4. The van der Waals surface area contributed by atoms with E-state index in [-0.39, 0.29) is 73.5 Å². The minimum absolute atomic E-state index is 0.0755. The van der Waals surface area contributed by atoms with Gasteiger partial charge in [0.25, 0.3) is 5.91 Å². The number of hydrogen-bond donors (Lipinski definition) is 4. The van der Waals surface area contributed by atoms with Gasteiger partial charge in [0, 0.05) is 54.9 Å². The Bertz CT molecular complexity index is 3030. The van der Waals surface area contributed by atoms with Crippen molar-refractivity contribution in [3.05, 3.63) is 60.2 Å². The van der Waals surface area contributed by atoms with Gasteiger partial charge in [-0.25, -0.2) is 4.79 Å². The number of aliphatic hydroxyl groups excluding tert-OH is 1. The first-order valence-corrected chi connectivity index (χ1v) is 34.9. The normalized spacial score (nSPS) is 26.8. The second-order valence-corrected chi connectivity index (χ2v) is 29.5. The molecular formula is C73H119N11O15. The first kappa shape index (κ1) is 85.5. The fourth-order valence-corrected chi connectivity index (χ4v) is 12.7. The summed E-state index contributed by atoms with van der Waals surface area (Å²) >= 11 is 0. The van der Waals surface area contributed by atoms with Crippen LogP contribution < -0.4 is 16.0 Å². The largest absolute Gasteiger partial charge is 0.458 e. The van der Waals surface area contributed by atoms with Crippen LogP contribution >= 0.6 is 0 Å². The molecule has 0 bridgehead atoms. The van der Waals surface area contributed by atoms with E-state index in [1.54, 1.807) is 60.6 Å². The maximum atomic E-state index is 16.3. The quantitative estimate of drug-likeness (QED) is 0.111. The van der Waals surface area contributed by atoms with Gasteiger partial charge in [-0.05, 0) is 113 Å². The number of carbonyl (C=O) groups excluding carboxylic acids is 12. The molecule has 2 aliphatic rings. The summed E-state index contributed by atoms with van der Waals surface area (Å²) in [5.74, 6) is -11.5. The second-order valence-electron chi connectivity index (χ2n) is 29.5. The number of benzene rings is 1. The molecule has 14 atom stereocenters. The summed E-state index contributed by atoms with van der Waals surface area (Å²) in [6, 6.07) is -7.43. The minimum Gasteiger partial charge on any atom is -0.458 e. The van der Waals surface area contributed by atoms with E-state index < -0.39 is 174 Å². The number of fused-ring (bicyclic) bond motifs is 1. The summed E-state index contributed by atoms with van der Waals surface area (Å²) in [5, 5.41) is 21.0. The number of nitrogens with zero attached hydrogens (tertiary/aromatic N) is 8. The number of hydrogen-bond acceptors (Lipinski definition) is 15.